The standard InChI is InChI=1S/C24H17BrCl2N4O4/c1-35-16-8-6-15(7-9-16)28-22(32)20-12-13-11-14(25)5-10-19(13)31(20)30-24(34)23(33)29-18-4-2-3-17(26)21(18)27/h2-12H,1H3,(H,28,32)(H,29,33)(H,30,34). The van der Waals surface area contributed by atoms with Gasteiger partial charge in [0.25, 0.3) is 5.91 Å². The molecule has 0 saturated heterocycles. The molecule has 3 aromatic carbocycles. The first-order valence-corrected chi connectivity index (χ1v) is 11.6. The molecule has 0 aliphatic rings. The molecular formula is C24H17BrCl2N4O4. The van der Waals surface area contributed by atoms with E-state index in [1.54, 1.807) is 67.8 Å². The van der Waals surface area contributed by atoms with Crippen molar-refractivity contribution in [2.45, 2.75) is 0 Å². The third kappa shape index (κ3) is 5.43. The van der Waals surface area contributed by atoms with Crippen LogP contribution in [0.3, 0.4) is 0 Å². The minimum atomic E-state index is -1.01. The number of methoxy groups -OCH3 is 1. The van der Waals surface area contributed by atoms with Crippen LogP contribution in [0.1, 0.15) is 10.5 Å². The summed E-state index contributed by atoms with van der Waals surface area (Å²) in [7, 11) is 1.54. The Hall–Kier alpha value is -3.53. The molecule has 0 aliphatic carbocycles. The Labute approximate surface area is 218 Å². The molecular weight excluding hydrogens is 559 g/mol. The highest BCUT2D eigenvalue weighted by Gasteiger charge is 2.22. The SMILES string of the molecule is COc1ccc(NC(=O)c2cc3cc(Br)ccc3n2NC(=O)C(=O)Nc2cccc(Cl)c2Cl)cc1. The van der Waals surface area contributed by atoms with E-state index in [0.717, 1.165) is 4.47 Å². The molecule has 178 valence electrons. The lowest BCUT2D eigenvalue weighted by atomic mass is 10.2. The summed E-state index contributed by atoms with van der Waals surface area (Å²) in [6, 6.07) is 18.3. The molecule has 8 nitrogen and oxygen atoms in total. The molecule has 0 spiro atoms. The summed E-state index contributed by atoms with van der Waals surface area (Å²) in [5.74, 6) is -1.87. The van der Waals surface area contributed by atoms with Crippen LogP contribution in [-0.2, 0) is 9.59 Å². The Balaban J connectivity index is 1.62. The highest BCUT2D eigenvalue weighted by molar-refractivity contribution is 9.10. The number of aromatic nitrogens is 1. The number of nitrogens with one attached hydrogen (secondary N) is 3. The van der Waals surface area contributed by atoms with Crippen LogP contribution in [0.4, 0.5) is 11.4 Å². The van der Waals surface area contributed by atoms with Crippen LogP contribution in [0.15, 0.2) is 71.2 Å². The van der Waals surface area contributed by atoms with Crippen molar-refractivity contribution in [1.82, 2.24) is 4.68 Å². The molecule has 4 aromatic rings. The number of carbonyl (C=O) groups excluding carboxylic acids is 3. The van der Waals surface area contributed by atoms with Gasteiger partial charge >= 0.3 is 11.8 Å². The van der Waals surface area contributed by atoms with Crippen LogP contribution in [0, 0.1) is 0 Å². The molecule has 4 rings (SSSR count). The number of benzene rings is 3. The zero-order valence-corrected chi connectivity index (χ0v) is 21.2. The van der Waals surface area contributed by atoms with Gasteiger partial charge in [-0.1, -0.05) is 45.2 Å². The van der Waals surface area contributed by atoms with Crippen molar-refractivity contribution >= 4 is 79.1 Å². The van der Waals surface area contributed by atoms with Gasteiger partial charge < -0.3 is 15.4 Å². The Kier molecular flexibility index (Phi) is 7.30. The van der Waals surface area contributed by atoms with E-state index < -0.39 is 17.7 Å². The van der Waals surface area contributed by atoms with Crippen LogP contribution < -0.4 is 20.8 Å². The van der Waals surface area contributed by atoms with E-state index in [2.05, 4.69) is 32.0 Å². The quantitative estimate of drug-likeness (QED) is 0.266. The van der Waals surface area contributed by atoms with Crippen LogP contribution >= 0.6 is 39.1 Å². The van der Waals surface area contributed by atoms with E-state index in [9.17, 15) is 14.4 Å². The van der Waals surface area contributed by atoms with E-state index in [0.29, 0.717) is 22.3 Å². The molecule has 0 bridgehead atoms. The molecule has 0 fully saturated rings. The number of ether oxygens (including phenoxy) is 1. The Bertz CT molecular complexity index is 1450. The van der Waals surface area contributed by atoms with E-state index in [1.165, 1.54) is 10.7 Å². The third-order valence-electron chi connectivity index (χ3n) is 4.96. The Morgan fingerprint density at radius 1 is 0.914 bits per heavy atom. The van der Waals surface area contributed by atoms with Gasteiger partial charge in [0, 0.05) is 15.5 Å². The van der Waals surface area contributed by atoms with E-state index in [4.69, 9.17) is 27.9 Å². The molecule has 1 heterocycles. The fourth-order valence-corrected chi connectivity index (χ4v) is 4.00. The lowest BCUT2D eigenvalue weighted by Crippen LogP contribution is -2.36. The number of hydrogen-bond donors (Lipinski definition) is 3. The van der Waals surface area contributed by atoms with Crippen molar-refractivity contribution in [2.75, 3.05) is 23.2 Å². The lowest BCUT2D eigenvalue weighted by Gasteiger charge is -2.13. The van der Waals surface area contributed by atoms with Crippen LogP contribution in [0.5, 0.6) is 5.75 Å². The molecule has 0 aliphatic heterocycles. The molecule has 0 radical (unpaired) electrons. The summed E-state index contributed by atoms with van der Waals surface area (Å²) < 4.78 is 7.16. The third-order valence-corrected chi connectivity index (χ3v) is 6.28. The maximum atomic E-state index is 13.1. The van der Waals surface area contributed by atoms with Gasteiger partial charge in [-0.25, -0.2) is 4.68 Å². The van der Waals surface area contributed by atoms with Gasteiger partial charge in [-0.2, -0.15) is 0 Å². The van der Waals surface area contributed by atoms with Crippen LogP contribution in [0.25, 0.3) is 10.9 Å². The number of hydrogen-bond acceptors (Lipinski definition) is 4. The Morgan fingerprint density at radius 2 is 1.66 bits per heavy atom. The van der Waals surface area contributed by atoms with Crippen molar-refractivity contribution in [1.29, 1.82) is 0 Å². The summed E-state index contributed by atoms with van der Waals surface area (Å²) in [6.45, 7) is 0. The van der Waals surface area contributed by atoms with Gasteiger partial charge in [-0.3, -0.25) is 19.8 Å². The van der Waals surface area contributed by atoms with Gasteiger partial charge in [0.05, 0.1) is 28.4 Å². The second-order valence-electron chi connectivity index (χ2n) is 7.25. The molecule has 11 heteroatoms. The zero-order chi connectivity index (χ0) is 25.1. The molecule has 35 heavy (non-hydrogen) atoms. The number of amides is 3. The highest BCUT2D eigenvalue weighted by atomic mass is 79.9. The summed E-state index contributed by atoms with van der Waals surface area (Å²) >= 11 is 15.5. The van der Waals surface area contributed by atoms with Crippen molar-refractivity contribution in [3.05, 3.63) is 86.9 Å². The first kappa shape index (κ1) is 24.6. The number of fused-ring (bicyclic) bond motifs is 1. The van der Waals surface area contributed by atoms with E-state index in [1.807, 2.05) is 0 Å². The second kappa shape index (κ2) is 10.4. The number of nitrogens with zero attached hydrogens (tertiary/aromatic N) is 1. The van der Waals surface area contributed by atoms with Gasteiger partial charge in [0.2, 0.25) is 0 Å². The minimum absolute atomic E-state index is 0.103. The van der Waals surface area contributed by atoms with Crippen molar-refractivity contribution in [3.8, 4) is 5.75 Å². The van der Waals surface area contributed by atoms with Gasteiger partial charge in [-0.05, 0) is 60.7 Å². The summed E-state index contributed by atoms with van der Waals surface area (Å²) in [6.07, 6.45) is 0. The average Bonchev–Trinajstić information content (AvgIpc) is 3.19. The number of rotatable bonds is 5. The van der Waals surface area contributed by atoms with Crippen molar-refractivity contribution in [2.24, 2.45) is 0 Å². The minimum Gasteiger partial charge on any atom is -0.497 e. The molecule has 1 aromatic heterocycles. The molecule has 3 amide bonds. The number of anilines is 2. The highest BCUT2D eigenvalue weighted by Crippen LogP contribution is 2.29. The monoisotopic (exact) mass is 574 g/mol. The fraction of sp³-hybridized carbons (Fsp3) is 0.0417. The fourth-order valence-electron chi connectivity index (χ4n) is 3.27. The van der Waals surface area contributed by atoms with Crippen LogP contribution in [-0.4, -0.2) is 29.5 Å². The predicted molar refractivity (Wildman–Crippen MR) is 140 cm³/mol. The zero-order valence-electron chi connectivity index (χ0n) is 18.1. The summed E-state index contributed by atoms with van der Waals surface area (Å²) in [5, 5.41) is 6.18. The maximum absolute atomic E-state index is 13.1. The predicted octanol–water partition coefficient (Wildman–Crippen LogP) is 5.68. The first-order valence-electron chi connectivity index (χ1n) is 10.1. The molecule has 0 saturated carbocycles. The smallest absolute Gasteiger partial charge is 0.328 e. The van der Waals surface area contributed by atoms with Gasteiger partial charge in [-0.15, -0.1) is 0 Å². The normalized spacial score (nSPS) is 10.6. The molecule has 3 N–H and O–H groups in total. The van der Waals surface area contributed by atoms with Gasteiger partial charge in [0.1, 0.15) is 11.4 Å². The van der Waals surface area contributed by atoms with Crippen LogP contribution in [0.2, 0.25) is 10.0 Å². The van der Waals surface area contributed by atoms with E-state index in [-0.39, 0.29) is 21.4 Å². The van der Waals surface area contributed by atoms with Crippen molar-refractivity contribution < 1.29 is 19.1 Å². The summed E-state index contributed by atoms with van der Waals surface area (Å²) in [4.78, 5) is 38.4. The topological polar surface area (TPSA) is 101 Å². The molecule has 0 atom stereocenters. The van der Waals surface area contributed by atoms with Gasteiger partial charge in [0.15, 0.2) is 0 Å². The largest absolute Gasteiger partial charge is 0.497 e. The summed E-state index contributed by atoms with van der Waals surface area (Å²) in [5.41, 5.74) is 3.80. The Morgan fingerprint density at radius 3 is 2.37 bits per heavy atom. The molecule has 0 unspecified atom stereocenters. The van der Waals surface area contributed by atoms with E-state index >= 15 is 0 Å². The first-order chi connectivity index (χ1) is 16.8. The second-order valence-corrected chi connectivity index (χ2v) is 8.95. The van der Waals surface area contributed by atoms with Crippen molar-refractivity contribution in [3.63, 3.8) is 0 Å². The lowest BCUT2D eigenvalue weighted by molar-refractivity contribution is -0.133. The number of halogens is 3. The average molecular weight is 576 g/mol. The maximum Gasteiger partial charge on any atom is 0.328 e. The number of carbonyl (C=O) groups is 3.